The smallest absolute Gasteiger partial charge is 0.234 e. The zero-order valence-electron chi connectivity index (χ0n) is 10.1. The van der Waals surface area contributed by atoms with Crippen molar-refractivity contribution in [2.45, 2.75) is 19.3 Å². The Kier molecular flexibility index (Phi) is 2.54. The Balaban J connectivity index is 1.98. The Labute approximate surface area is 106 Å². The number of hydrogen-bond acceptors (Lipinski definition) is 2. The third kappa shape index (κ3) is 1.58. The minimum absolute atomic E-state index is 0.106. The largest absolute Gasteiger partial charge is 0.295 e. The highest BCUT2D eigenvalue weighted by molar-refractivity contribution is 6.08. The topological polar surface area (TPSA) is 46.2 Å². The fourth-order valence-electron chi connectivity index (χ4n) is 3.06. The molecule has 1 saturated heterocycles. The average molecular weight is 241 g/mol. The van der Waals surface area contributed by atoms with Crippen molar-refractivity contribution >= 4 is 11.8 Å². The Hall–Kier alpha value is -1.90. The van der Waals surface area contributed by atoms with E-state index in [0.717, 1.165) is 18.4 Å². The predicted molar refractivity (Wildman–Crippen MR) is 67.6 cm³/mol. The van der Waals surface area contributed by atoms with Gasteiger partial charge in [-0.05, 0) is 24.8 Å². The number of allylic oxidation sites excluding steroid dienone is 1. The molecule has 0 unspecified atom stereocenters. The van der Waals surface area contributed by atoms with Crippen LogP contribution in [0.2, 0.25) is 0 Å². The molecule has 2 aliphatic rings. The van der Waals surface area contributed by atoms with Crippen LogP contribution in [0, 0.1) is 11.3 Å². The molecule has 1 aromatic rings. The summed E-state index contributed by atoms with van der Waals surface area (Å²) in [6.45, 7) is 0. The molecule has 1 fully saturated rings. The molecule has 2 amide bonds. The fourth-order valence-corrected chi connectivity index (χ4v) is 3.06. The van der Waals surface area contributed by atoms with Crippen LogP contribution < -0.4 is 5.32 Å². The van der Waals surface area contributed by atoms with Gasteiger partial charge in [-0.2, -0.15) is 0 Å². The lowest BCUT2D eigenvalue weighted by atomic mass is 9.67. The van der Waals surface area contributed by atoms with Crippen LogP contribution in [0.3, 0.4) is 0 Å². The highest BCUT2D eigenvalue weighted by Gasteiger charge is 2.54. The molecular formula is C15H15NO2. The summed E-state index contributed by atoms with van der Waals surface area (Å²) in [6.07, 6.45) is 6.16. The lowest BCUT2D eigenvalue weighted by molar-refractivity contribution is -0.129. The molecule has 1 aromatic carbocycles. The number of nitrogens with one attached hydrogen (secondary N) is 1. The molecule has 18 heavy (non-hydrogen) atoms. The maximum Gasteiger partial charge on any atom is 0.234 e. The van der Waals surface area contributed by atoms with Gasteiger partial charge in [-0.25, -0.2) is 0 Å². The minimum atomic E-state index is -0.562. The van der Waals surface area contributed by atoms with Gasteiger partial charge in [0.1, 0.15) is 0 Å². The number of carbonyl (C=O) groups excluding carboxylic acids is 2. The third-order valence-corrected chi connectivity index (χ3v) is 4.01. The molecular weight excluding hydrogens is 226 g/mol. The van der Waals surface area contributed by atoms with E-state index >= 15 is 0 Å². The molecule has 1 heterocycles. The van der Waals surface area contributed by atoms with Crippen molar-refractivity contribution in [3.63, 3.8) is 0 Å². The Morgan fingerprint density at radius 3 is 2.78 bits per heavy atom. The second kappa shape index (κ2) is 4.09. The zero-order valence-corrected chi connectivity index (χ0v) is 10.1. The van der Waals surface area contributed by atoms with Crippen LogP contribution >= 0.6 is 0 Å². The molecule has 3 nitrogen and oxygen atoms in total. The first-order chi connectivity index (χ1) is 8.72. The molecule has 1 aliphatic heterocycles. The number of fused-ring (bicyclic) bond motifs is 1. The first-order valence-corrected chi connectivity index (χ1v) is 6.28. The van der Waals surface area contributed by atoms with Crippen molar-refractivity contribution < 1.29 is 9.59 Å². The van der Waals surface area contributed by atoms with Crippen LogP contribution in [0.25, 0.3) is 0 Å². The second-order valence-electron chi connectivity index (χ2n) is 5.08. The number of imide groups is 1. The SMILES string of the molecule is O=C1NC(=O)[C@@]2(Cc3ccccc3)CCC=C[C@@H]12. The van der Waals surface area contributed by atoms with Gasteiger partial charge < -0.3 is 0 Å². The summed E-state index contributed by atoms with van der Waals surface area (Å²) in [5.74, 6) is -0.545. The molecule has 3 heteroatoms. The monoisotopic (exact) mass is 241 g/mol. The number of benzene rings is 1. The van der Waals surface area contributed by atoms with Gasteiger partial charge in [-0.3, -0.25) is 14.9 Å². The van der Waals surface area contributed by atoms with Crippen molar-refractivity contribution in [1.82, 2.24) is 5.32 Å². The first-order valence-electron chi connectivity index (χ1n) is 6.28. The maximum absolute atomic E-state index is 12.2. The van der Waals surface area contributed by atoms with E-state index in [4.69, 9.17) is 0 Å². The minimum Gasteiger partial charge on any atom is -0.295 e. The Morgan fingerprint density at radius 2 is 2.00 bits per heavy atom. The van der Waals surface area contributed by atoms with E-state index in [1.54, 1.807) is 0 Å². The van der Waals surface area contributed by atoms with Gasteiger partial charge >= 0.3 is 0 Å². The van der Waals surface area contributed by atoms with E-state index in [2.05, 4.69) is 5.32 Å². The third-order valence-electron chi connectivity index (χ3n) is 4.01. The van der Waals surface area contributed by atoms with E-state index in [0.29, 0.717) is 6.42 Å². The van der Waals surface area contributed by atoms with Gasteiger partial charge in [-0.1, -0.05) is 42.5 Å². The van der Waals surface area contributed by atoms with Crippen LogP contribution in [-0.2, 0) is 16.0 Å². The van der Waals surface area contributed by atoms with Crippen molar-refractivity contribution in [3.05, 3.63) is 48.0 Å². The van der Waals surface area contributed by atoms with Gasteiger partial charge in [0, 0.05) is 0 Å². The highest BCUT2D eigenvalue weighted by Crippen LogP contribution is 2.44. The lowest BCUT2D eigenvalue weighted by Gasteiger charge is -2.32. The van der Waals surface area contributed by atoms with Gasteiger partial charge in [0.15, 0.2) is 0 Å². The Morgan fingerprint density at radius 1 is 1.22 bits per heavy atom. The maximum atomic E-state index is 12.2. The van der Waals surface area contributed by atoms with E-state index in [-0.39, 0.29) is 17.7 Å². The molecule has 3 rings (SSSR count). The van der Waals surface area contributed by atoms with Gasteiger partial charge in [0.25, 0.3) is 0 Å². The molecule has 0 bridgehead atoms. The molecule has 1 N–H and O–H groups in total. The zero-order chi connectivity index (χ0) is 12.6. The van der Waals surface area contributed by atoms with Crippen LogP contribution in [0.15, 0.2) is 42.5 Å². The van der Waals surface area contributed by atoms with Crippen molar-refractivity contribution in [1.29, 1.82) is 0 Å². The van der Waals surface area contributed by atoms with Crippen molar-refractivity contribution in [2.24, 2.45) is 11.3 Å². The summed E-state index contributed by atoms with van der Waals surface area (Å²) in [5.41, 5.74) is 0.551. The van der Waals surface area contributed by atoms with E-state index in [1.807, 2.05) is 42.5 Å². The second-order valence-corrected chi connectivity index (χ2v) is 5.08. The molecule has 0 spiro atoms. The number of amides is 2. The summed E-state index contributed by atoms with van der Waals surface area (Å²) < 4.78 is 0. The van der Waals surface area contributed by atoms with Gasteiger partial charge in [-0.15, -0.1) is 0 Å². The molecule has 92 valence electrons. The van der Waals surface area contributed by atoms with Crippen molar-refractivity contribution in [3.8, 4) is 0 Å². The van der Waals surface area contributed by atoms with Crippen LogP contribution in [0.4, 0.5) is 0 Å². The van der Waals surface area contributed by atoms with Crippen LogP contribution in [-0.4, -0.2) is 11.8 Å². The lowest BCUT2D eigenvalue weighted by Crippen LogP contribution is -2.38. The number of hydrogen-bond donors (Lipinski definition) is 1. The fraction of sp³-hybridized carbons (Fsp3) is 0.333. The molecule has 1 aliphatic carbocycles. The van der Waals surface area contributed by atoms with Gasteiger partial charge in [0.2, 0.25) is 11.8 Å². The normalized spacial score (nSPS) is 30.1. The van der Waals surface area contributed by atoms with Crippen molar-refractivity contribution in [2.75, 3.05) is 0 Å². The van der Waals surface area contributed by atoms with Crippen LogP contribution in [0.5, 0.6) is 0 Å². The molecule has 0 radical (unpaired) electrons. The summed E-state index contributed by atoms with van der Waals surface area (Å²) in [4.78, 5) is 24.0. The number of carbonyl (C=O) groups is 2. The molecule has 0 aromatic heterocycles. The predicted octanol–water partition coefficient (Wildman–Crippen LogP) is 1.84. The quantitative estimate of drug-likeness (QED) is 0.634. The molecule has 0 saturated carbocycles. The first kappa shape index (κ1) is 11.2. The summed E-state index contributed by atoms with van der Waals surface area (Å²) >= 11 is 0. The standard InChI is InChI=1S/C15H15NO2/c17-13-12-8-4-5-9-15(12,14(18)16-13)10-11-6-2-1-3-7-11/h1-4,6-8,12H,5,9-10H2,(H,16,17,18)/t12-,15+/m0/s1. The highest BCUT2D eigenvalue weighted by atomic mass is 16.2. The van der Waals surface area contributed by atoms with E-state index in [9.17, 15) is 9.59 Å². The summed E-state index contributed by atoms with van der Waals surface area (Å²) in [6, 6.07) is 9.92. The number of rotatable bonds is 2. The van der Waals surface area contributed by atoms with E-state index in [1.165, 1.54) is 0 Å². The summed E-state index contributed by atoms with van der Waals surface area (Å²) in [7, 11) is 0. The molecule has 2 atom stereocenters. The van der Waals surface area contributed by atoms with Crippen LogP contribution in [0.1, 0.15) is 18.4 Å². The summed E-state index contributed by atoms with van der Waals surface area (Å²) in [5, 5.41) is 2.49. The van der Waals surface area contributed by atoms with E-state index < -0.39 is 5.41 Å². The van der Waals surface area contributed by atoms with Gasteiger partial charge in [0.05, 0.1) is 11.3 Å². The average Bonchev–Trinajstić information content (AvgIpc) is 2.63. The Bertz CT molecular complexity index is 521.